The fourth-order valence-corrected chi connectivity index (χ4v) is 3.75. The number of carbonyl (C=O) groups excluding carboxylic acids is 1. The van der Waals surface area contributed by atoms with E-state index in [0.29, 0.717) is 41.5 Å². The van der Waals surface area contributed by atoms with Crippen molar-refractivity contribution >= 4 is 5.91 Å². The maximum absolute atomic E-state index is 13.3. The molecule has 0 N–H and O–H groups in total. The fourth-order valence-electron chi connectivity index (χ4n) is 3.75. The van der Waals surface area contributed by atoms with Crippen LogP contribution in [0, 0.1) is 13.8 Å². The Hall–Kier alpha value is -3.10. The lowest BCUT2D eigenvalue weighted by atomic mass is 10.1. The van der Waals surface area contributed by atoms with Crippen LogP contribution < -0.4 is 0 Å². The van der Waals surface area contributed by atoms with E-state index in [1.165, 1.54) is 16.8 Å². The molecule has 1 aliphatic rings. The van der Waals surface area contributed by atoms with E-state index < -0.39 is 11.7 Å². The molecule has 0 unspecified atom stereocenters. The van der Waals surface area contributed by atoms with Crippen LogP contribution in [-0.4, -0.2) is 38.8 Å². The predicted molar refractivity (Wildman–Crippen MR) is 103 cm³/mol. The first-order chi connectivity index (χ1) is 14.3. The van der Waals surface area contributed by atoms with Crippen LogP contribution >= 0.6 is 0 Å². The van der Waals surface area contributed by atoms with Gasteiger partial charge >= 0.3 is 6.18 Å². The summed E-state index contributed by atoms with van der Waals surface area (Å²) in [6.45, 7) is 4.67. The van der Waals surface area contributed by atoms with Crippen molar-refractivity contribution in [3.63, 3.8) is 0 Å². The van der Waals surface area contributed by atoms with Gasteiger partial charge in [0.05, 0.1) is 22.5 Å². The number of amides is 1. The number of benzene rings is 1. The zero-order valence-corrected chi connectivity index (χ0v) is 16.7. The molecule has 1 aliphatic heterocycles. The number of likely N-dealkylation sites (tertiary alicyclic amines) is 1. The largest absolute Gasteiger partial charge is 0.416 e. The number of halogens is 3. The van der Waals surface area contributed by atoms with Crippen LogP contribution in [-0.2, 0) is 6.18 Å². The Morgan fingerprint density at radius 3 is 2.47 bits per heavy atom. The second-order valence-corrected chi connectivity index (χ2v) is 7.44. The molecule has 1 amide bonds. The van der Waals surface area contributed by atoms with Gasteiger partial charge in [-0.3, -0.25) is 4.79 Å². The molecule has 158 valence electrons. The molecule has 2 aromatic heterocycles. The molecule has 1 fully saturated rings. The third-order valence-corrected chi connectivity index (χ3v) is 5.21. The number of hydrogen-bond donors (Lipinski definition) is 0. The average Bonchev–Trinajstić information content (AvgIpc) is 3.30. The summed E-state index contributed by atoms with van der Waals surface area (Å²) in [4.78, 5) is 15.1. The van der Waals surface area contributed by atoms with Gasteiger partial charge in [-0.25, -0.2) is 4.68 Å². The van der Waals surface area contributed by atoms with Crippen LogP contribution in [0.15, 0.2) is 34.9 Å². The maximum Gasteiger partial charge on any atom is 0.416 e. The van der Waals surface area contributed by atoms with Crippen molar-refractivity contribution < 1.29 is 22.5 Å². The first-order valence-electron chi connectivity index (χ1n) is 9.76. The van der Waals surface area contributed by atoms with E-state index >= 15 is 0 Å². The summed E-state index contributed by atoms with van der Waals surface area (Å²) in [5.74, 6) is 0.330. The van der Waals surface area contributed by atoms with E-state index in [1.807, 2.05) is 0 Å². The second kappa shape index (κ2) is 7.62. The molecule has 1 saturated heterocycles. The average molecular weight is 418 g/mol. The van der Waals surface area contributed by atoms with Gasteiger partial charge in [0.2, 0.25) is 0 Å². The normalized spacial score (nSPS) is 14.9. The Morgan fingerprint density at radius 1 is 1.10 bits per heavy atom. The number of aryl methyl sites for hydroxylation is 2. The summed E-state index contributed by atoms with van der Waals surface area (Å²) >= 11 is 0. The fraction of sp³-hybridized carbons (Fsp3) is 0.381. The molecule has 0 atom stereocenters. The summed E-state index contributed by atoms with van der Waals surface area (Å²) < 4.78 is 46.3. The van der Waals surface area contributed by atoms with Crippen LogP contribution in [0.1, 0.15) is 46.6 Å². The Morgan fingerprint density at radius 2 is 1.83 bits per heavy atom. The summed E-state index contributed by atoms with van der Waals surface area (Å²) in [6.07, 6.45) is -1.58. The minimum Gasteiger partial charge on any atom is -0.361 e. The van der Waals surface area contributed by atoms with Gasteiger partial charge in [0.1, 0.15) is 17.1 Å². The van der Waals surface area contributed by atoms with Gasteiger partial charge in [-0.2, -0.15) is 18.3 Å². The Labute approximate surface area is 171 Å². The summed E-state index contributed by atoms with van der Waals surface area (Å²) in [6, 6.07) is 6.50. The lowest BCUT2D eigenvalue weighted by molar-refractivity contribution is -0.137. The Bertz CT molecular complexity index is 1080. The highest BCUT2D eigenvalue weighted by molar-refractivity contribution is 6.01. The lowest BCUT2D eigenvalue weighted by Gasteiger charge is -2.26. The molecule has 0 bridgehead atoms. The van der Waals surface area contributed by atoms with Gasteiger partial charge in [0, 0.05) is 19.2 Å². The molecular formula is C21H21F3N4O2. The van der Waals surface area contributed by atoms with Crippen LogP contribution in [0.2, 0.25) is 0 Å². The highest BCUT2D eigenvalue weighted by Crippen LogP contribution is 2.34. The third-order valence-electron chi connectivity index (χ3n) is 5.21. The van der Waals surface area contributed by atoms with Crippen molar-refractivity contribution in [3.05, 3.63) is 52.9 Å². The monoisotopic (exact) mass is 418 g/mol. The number of alkyl halides is 3. The zero-order chi connectivity index (χ0) is 21.5. The minimum atomic E-state index is -4.49. The molecule has 9 heteroatoms. The van der Waals surface area contributed by atoms with Crippen LogP contribution in [0.5, 0.6) is 0 Å². The number of aromatic nitrogens is 3. The SMILES string of the molecule is Cc1cc(-c2c(C(=O)N3CCCCC3)c(C)nn2-c2cccc(C(F)(F)F)c2)no1. The number of piperidine rings is 1. The standard InChI is InChI=1S/C21H21F3N4O2/c1-13-11-17(26-30-13)19-18(20(29)27-9-4-3-5-10-27)14(2)25-28(19)16-8-6-7-15(12-16)21(22,23)24/h6-8,11-12H,3-5,9-10H2,1-2H3. The molecular weight excluding hydrogens is 397 g/mol. The summed E-state index contributed by atoms with van der Waals surface area (Å²) in [5.41, 5.74) is 0.854. The van der Waals surface area contributed by atoms with E-state index in [1.54, 1.807) is 24.8 Å². The first kappa shape index (κ1) is 20.2. The molecule has 3 heterocycles. The van der Waals surface area contributed by atoms with Crippen LogP contribution in [0.25, 0.3) is 17.1 Å². The van der Waals surface area contributed by atoms with Crippen LogP contribution in [0.4, 0.5) is 13.2 Å². The van der Waals surface area contributed by atoms with Crippen LogP contribution in [0.3, 0.4) is 0 Å². The van der Waals surface area contributed by atoms with E-state index in [2.05, 4.69) is 10.3 Å². The third kappa shape index (κ3) is 3.71. The highest BCUT2D eigenvalue weighted by Gasteiger charge is 2.32. The topological polar surface area (TPSA) is 64.2 Å². The first-order valence-corrected chi connectivity index (χ1v) is 9.76. The molecule has 30 heavy (non-hydrogen) atoms. The highest BCUT2D eigenvalue weighted by atomic mass is 19.4. The molecule has 0 radical (unpaired) electrons. The van der Waals surface area contributed by atoms with Crippen molar-refractivity contribution in [2.45, 2.75) is 39.3 Å². The van der Waals surface area contributed by atoms with Crippen molar-refractivity contribution in [3.8, 4) is 17.1 Å². The number of hydrogen-bond acceptors (Lipinski definition) is 4. The van der Waals surface area contributed by atoms with Crippen molar-refractivity contribution in [2.24, 2.45) is 0 Å². The lowest BCUT2D eigenvalue weighted by Crippen LogP contribution is -2.36. The van der Waals surface area contributed by atoms with Gasteiger partial charge in [-0.05, 0) is 51.3 Å². The van der Waals surface area contributed by atoms with Crippen molar-refractivity contribution in [1.82, 2.24) is 19.8 Å². The van der Waals surface area contributed by atoms with Crippen molar-refractivity contribution in [2.75, 3.05) is 13.1 Å². The summed E-state index contributed by atoms with van der Waals surface area (Å²) in [5, 5.41) is 8.44. The molecule has 6 nitrogen and oxygen atoms in total. The van der Waals surface area contributed by atoms with Gasteiger partial charge in [0.25, 0.3) is 5.91 Å². The minimum absolute atomic E-state index is 0.193. The van der Waals surface area contributed by atoms with Gasteiger partial charge in [-0.1, -0.05) is 11.2 Å². The quantitative estimate of drug-likeness (QED) is 0.614. The van der Waals surface area contributed by atoms with Crippen molar-refractivity contribution in [1.29, 1.82) is 0 Å². The smallest absolute Gasteiger partial charge is 0.361 e. The van der Waals surface area contributed by atoms with E-state index in [4.69, 9.17) is 4.52 Å². The molecule has 0 aliphatic carbocycles. The Kier molecular flexibility index (Phi) is 5.13. The number of nitrogens with zero attached hydrogens (tertiary/aromatic N) is 4. The molecule has 0 saturated carbocycles. The summed E-state index contributed by atoms with van der Waals surface area (Å²) in [7, 11) is 0. The molecule has 3 aromatic rings. The molecule has 4 rings (SSSR count). The second-order valence-electron chi connectivity index (χ2n) is 7.44. The van der Waals surface area contributed by atoms with E-state index in [9.17, 15) is 18.0 Å². The van der Waals surface area contributed by atoms with E-state index in [0.717, 1.165) is 31.4 Å². The zero-order valence-electron chi connectivity index (χ0n) is 16.7. The predicted octanol–water partition coefficient (Wildman–Crippen LogP) is 4.79. The number of rotatable bonds is 3. The van der Waals surface area contributed by atoms with Gasteiger partial charge in [0.15, 0.2) is 0 Å². The Balaban J connectivity index is 1.89. The number of carbonyl (C=O) groups is 1. The molecule has 1 aromatic carbocycles. The van der Waals surface area contributed by atoms with E-state index in [-0.39, 0.29) is 11.6 Å². The van der Waals surface area contributed by atoms with Gasteiger partial charge in [-0.15, -0.1) is 0 Å². The maximum atomic E-state index is 13.3. The van der Waals surface area contributed by atoms with Gasteiger partial charge < -0.3 is 9.42 Å². The molecule has 0 spiro atoms.